The maximum Gasteiger partial charge on any atom is 0.261 e. The second kappa shape index (κ2) is 11.7. The number of rotatable bonds is 9. The summed E-state index contributed by atoms with van der Waals surface area (Å²) < 4.78 is 0. The van der Waals surface area contributed by atoms with Gasteiger partial charge in [-0.3, -0.25) is 24.1 Å². The molecule has 242 valence electrons. The summed E-state index contributed by atoms with van der Waals surface area (Å²) in [5, 5.41) is 7.10. The van der Waals surface area contributed by atoms with Crippen molar-refractivity contribution < 1.29 is 19.2 Å². The monoisotopic (exact) mass is 628 g/mol. The van der Waals surface area contributed by atoms with E-state index in [2.05, 4.69) is 25.7 Å². The molecule has 0 radical (unpaired) electrons. The Kier molecular flexibility index (Phi) is 7.81. The predicted octanol–water partition coefficient (Wildman–Crippen LogP) is 9.50. The van der Waals surface area contributed by atoms with Crippen LogP contribution in [0.3, 0.4) is 0 Å². The molecule has 2 aliphatic rings. The van der Waals surface area contributed by atoms with E-state index in [1.54, 1.807) is 13.8 Å². The predicted molar refractivity (Wildman–Crippen MR) is 192 cm³/mol. The highest BCUT2D eigenvalue weighted by molar-refractivity contribution is 6.42. The summed E-state index contributed by atoms with van der Waals surface area (Å²) >= 11 is 0. The van der Waals surface area contributed by atoms with Crippen LogP contribution in [0.15, 0.2) is 36.4 Å². The van der Waals surface area contributed by atoms with Crippen LogP contribution in [0.5, 0.6) is 0 Å². The van der Waals surface area contributed by atoms with Crippen molar-refractivity contribution in [2.45, 2.75) is 80.1 Å². The molecule has 1 fully saturated rings. The standard InChI is InChI=1S/C41H44N2O4/c1-7-9-12-26(8-2)21-43-40(46)30-16-15-29-37-33(42-17-10-11-22(3)20-42)19-31(25(6)45)35-27(24(5)44)13-14-28(39(35)37)34-23(4)18-32(41(43)47)36(30)38(29)34/h13-16,18-19,22,26H,7-12,17,20-21H2,1-6H3. The first-order valence-corrected chi connectivity index (χ1v) is 17.4. The van der Waals surface area contributed by atoms with Gasteiger partial charge in [-0.25, -0.2) is 0 Å². The van der Waals surface area contributed by atoms with E-state index < -0.39 is 0 Å². The van der Waals surface area contributed by atoms with E-state index in [0.717, 1.165) is 101 Å². The number of piperidine rings is 1. The SMILES string of the molecule is CCCCC(CC)CN1C(=O)c2ccc3c4c(N5CCCC(C)C5)cc(C(C)=O)c5c(C(C)=O)ccc(c6c(C)cc(c2c36)C1=O)c54. The van der Waals surface area contributed by atoms with E-state index in [9.17, 15) is 19.2 Å². The Morgan fingerprint density at radius 2 is 1.51 bits per heavy atom. The fourth-order valence-corrected chi connectivity index (χ4v) is 8.59. The Morgan fingerprint density at radius 1 is 0.830 bits per heavy atom. The molecule has 2 unspecified atom stereocenters. The molecule has 2 amide bonds. The van der Waals surface area contributed by atoms with Crippen LogP contribution in [-0.4, -0.2) is 47.9 Å². The molecule has 5 aromatic carbocycles. The average molecular weight is 629 g/mol. The molecule has 47 heavy (non-hydrogen) atoms. The lowest BCUT2D eigenvalue weighted by Gasteiger charge is -2.35. The molecule has 6 nitrogen and oxygen atoms in total. The van der Waals surface area contributed by atoms with Gasteiger partial charge in [-0.2, -0.15) is 0 Å². The number of anilines is 1. The normalized spacial score (nSPS) is 17.5. The zero-order valence-electron chi connectivity index (χ0n) is 28.5. The van der Waals surface area contributed by atoms with Gasteiger partial charge in [-0.05, 0) is 97.2 Å². The van der Waals surface area contributed by atoms with E-state index in [1.165, 1.54) is 4.90 Å². The number of imide groups is 1. The first-order chi connectivity index (χ1) is 22.6. The first kappa shape index (κ1) is 31.3. The van der Waals surface area contributed by atoms with Crippen molar-refractivity contribution in [1.29, 1.82) is 0 Å². The average Bonchev–Trinajstić information content (AvgIpc) is 3.05. The molecule has 0 aliphatic carbocycles. The number of Topliss-reactive ketones (excluding diaryl/α,β-unsaturated/α-hetero) is 2. The minimum atomic E-state index is -0.223. The molecular weight excluding hydrogens is 584 g/mol. The quantitative estimate of drug-likeness (QED) is 0.0703. The van der Waals surface area contributed by atoms with Crippen molar-refractivity contribution in [2.75, 3.05) is 24.5 Å². The fraction of sp³-hybridized carbons (Fsp3) is 0.415. The van der Waals surface area contributed by atoms with Crippen LogP contribution in [0.1, 0.15) is 120 Å². The van der Waals surface area contributed by atoms with Crippen LogP contribution in [0.4, 0.5) is 5.69 Å². The summed E-state index contributed by atoms with van der Waals surface area (Å²) in [6.07, 6.45) is 6.28. The number of amides is 2. The zero-order chi connectivity index (χ0) is 33.3. The highest BCUT2D eigenvalue weighted by Gasteiger charge is 2.36. The number of carbonyl (C=O) groups is 4. The van der Waals surface area contributed by atoms with Gasteiger partial charge in [0.2, 0.25) is 0 Å². The third kappa shape index (κ3) is 4.74. The number of nitrogens with zero attached hydrogens (tertiary/aromatic N) is 2. The van der Waals surface area contributed by atoms with Gasteiger partial charge >= 0.3 is 0 Å². The van der Waals surface area contributed by atoms with E-state index in [0.29, 0.717) is 40.1 Å². The fourth-order valence-electron chi connectivity index (χ4n) is 8.59. The molecule has 0 saturated carbocycles. The van der Waals surface area contributed by atoms with Gasteiger partial charge in [0, 0.05) is 69.1 Å². The Labute approximate surface area is 276 Å². The first-order valence-electron chi connectivity index (χ1n) is 17.4. The number of fused-ring (bicyclic) bond motifs is 2. The van der Waals surface area contributed by atoms with Crippen LogP contribution >= 0.6 is 0 Å². The molecule has 1 saturated heterocycles. The van der Waals surface area contributed by atoms with Gasteiger partial charge in [0.25, 0.3) is 11.8 Å². The van der Waals surface area contributed by atoms with Crippen molar-refractivity contribution >= 4 is 72.2 Å². The summed E-state index contributed by atoms with van der Waals surface area (Å²) in [6, 6.07) is 11.8. The topological polar surface area (TPSA) is 74.8 Å². The van der Waals surface area contributed by atoms with Crippen molar-refractivity contribution in [2.24, 2.45) is 11.8 Å². The van der Waals surface area contributed by atoms with Crippen LogP contribution in [-0.2, 0) is 0 Å². The van der Waals surface area contributed by atoms with Gasteiger partial charge in [0.05, 0.1) is 0 Å². The highest BCUT2D eigenvalue weighted by atomic mass is 16.2. The molecule has 0 spiro atoms. The number of hydrogen-bond donors (Lipinski definition) is 0. The summed E-state index contributed by atoms with van der Waals surface area (Å²) in [4.78, 5) is 58.8. The molecule has 2 atom stereocenters. The van der Waals surface area contributed by atoms with Gasteiger partial charge < -0.3 is 4.90 Å². The Morgan fingerprint density at radius 3 is 2.19 bits per heavy atom. The van der Waals surface area contributed by atoms with Gasteiger partial charge in [-0.1, -0.05) is 58.2 Å². The largest absolute Gasteiger partial charge is 0.371 e. The number of hydrogen-bond acceptors (Lipinski definition) is 5. The molecule has 0 bridgehead atoms. The van der Waals surface area contributed by atoms with Crippen molar-refractivity contribution in [1.82, 2.24) is 4.90 Å². The van der Waals surface area contributed by atoms with E-state index >= 15 is 0 Å². The lowest BCUT2D eigenvalue weighted by atomic mass is 9.80. The smallest absolute Gasteiger partial charge is 0.261 e. The Hall–Kier alpha value is -4.32. The highest BCUT2D eigenvalue weighted by Crippen LogP contribution is 2.50. The maximum atomic E-state index is 14.3. The number of carbonyl (C=O) groups excluding carboxylic acids is 4. The summed E-state index contributed by atoms with van der Waals surface area (Å²) in [7, 11) is 0. The summed E-state index contributed by atoms with van der Waals surface area (Å²) in [6.45, 7) is 13.9. The molecule has 0 N–H and O–H groups in total. The van der Waals surface area contributed by atoms with E-state index in [-0.39, 0.29) is 29.3 Å². The van der Waals surface area contributed by atoms with Crippen LogP contribution in [0, 0.1) is 18.8 Å². The minimum Gasteiger partial charge on any atom is -0.371 e. The van der Waals surface area contributed by atoms with E-state index in [4.69, 9.17) is 0 Å². The van der Waals surface area contributed by atoms with Crippen molar-refractivity contribution in [3.63, 3.8) is 0 Å². The second-order valence-electron chi connectivity index (χ2n) is 14.2. The third-order valence-corrected chi connectivity index (χ3v) is 11.0. The minimum absolute atomic E-state index is 0.0733. The van der Waals surface area contributed by atoms with Crippen LogP contribution < -0.4 is 4.90 Å². The van der Waals surface area contributed by atoms with E-state index in [1.807, 2.05) is 43.3 Å². The van der Waals surface area contributed by atoms with Crippen molar-refractivity contribution in [3.05, 3.63) is 64.2 Å². The molecule has 2 heterocycles. The lowest BCUT2D eigenvalue weighted by Crippen LogP contribution is -2.43. The number of benzene rings is 5. The third-order valence-electron chi connectivity index (χ3n) is 11.0. The number of unbranched alkanes of at least 4 members (excludes halogenated alkanes) is 1. The molecule has 6 heteroatoms. The Balaban J connectivity index is 1.60. The summed E-state index contributed by atoms with van der Waals surface area (Å²) in [5.41, 5.74) is 4.17. The molecular formula is C41H44N2O4. The second-order valence-corrected chi connectivity index (χ2v) is 14.2. The Bertz CT molecular complexity index is 2140. The zero-order valence-corrected chi connectivity index (χ0v) is 28.5. The van der Waals surface area contributed by atoms with Crippen molar-refractivity contribution in [3.8, 4) is 0 Å². The molecule has 7 rings (SSSR count). The molecule has 5 aromatic rings. The van der Waals surface area contributed by atoms with Gasteiger partial charge in [0.1, 0.15) is 0 Å². The van der Waals surface area contributed by atoms with Gasteiger partial charge in [-0.15, -0.1) is 0 Å². The van der Waals surface area contributed by atoms with Crippen LogP contribution in [0.2, 0.25) is 0 Å². The molecule has 0 aromatic heterocycles. The lowest BCUT2D eigenvalue weighted by molar-refractivity contribution is 0.0579. The number of aryl methyl sites for hydroxylation is 1. The number of ketones is 2. The summed E-state index contributed by atoms with van der Waals surface area (Å²) in [5.74, 6) is 0.165. The molecule has 2 aliphatic heterocycles. The van der Waals surface area contributed by atoms with Crippen LogP contribution in [0.25, 0.3) is 43.1 Å². The van der Waals surface area contributed by atoms with Gasteiger partial charge in [0.15, 0.2) is 11.6 Å². The maximum absolute atomic E-state index is 14.3.